The fourth-order valence-electron chi connectivity index (χ4n) is 1.99. The molecule has 0 bridgehead atoms. The van der Waals surface area contributed by atoms with E-state index in [0.29, 0.717) is 11.3 Å². The Kier molecular flexibility index (Phi) is 4.89. The van der Waals surface area contributed by atoms with Crippen LogP contribution < -0.4 is 5.32 Å². The Balaban J connectivity index is 2.28. The number of nitrogens with one attached hydrogen (secondary N) is 1. The zero-order valence-corrected chi connectivity index (χ0v) is 12.2. The summed E-state index contributed by atoms with van der Waals surface area (Å²) in [5.74, 6) is 0. The second kappa shape index (κ2) is 7.06. The molecule has 0 aromatic heterocycles. The first-order valence-corrected chi connectivity index (χ1v) is 6.74. The number of hydrogen-bond donors (Lipinski definition) is 1. The van der Waals surface area contributed by atoms with Gasteiger partial charge in [-0.25, -0.2) is 0 Å². The highest BCUT2D eigenvalue weighted by Crippen LogP contribution is 2.16. The third-order valence-corrected chi connectivity index (χ3v) is 3.01. The van der Waals surface area contributed by atoms with Crippen molar-refractivity contribution in [1.29, 1.82) is 5.26 Å². The molecule has 0 amide bonds. The first-order valence-electron chi connectivity index (χ1n) is 6.74. The van der Waals surface area contributed by atoms with E-state index in [2.05, 4.69) is 16.4 Å². The van der Waals surface area contributed by atoms with Crippen molar-refractivity contribution in [2.45, 2.75) is 13.8 Å². The van der Waals surface area contributed by atoms with E-state index in [1.165, 1.54) is 0 Å². The molecule has 0 saturated carbocycles. The van der Waals surface area contributed by atoms with Crippen LogP contribution in [0.15, 0.2) is 76.9 Å². The molecule has 0 radical (unpaired) electrons. The number of aliphatic imine (C=N–C) groups is 1. The largest absolute Gasteiger partial charge is 0.358 e. The van der Waals surface area contributed by atoms with E-state index in [1.807, 2.05) is 74.5 Å². The van der Waals surface area contributed by atoms with Gasteiger partial charge in [0.05, 0.1) is 17.0 Å². The molecule has 0 unspecified atom stereocenters. The van der Waals surface area contributed by atoms with Crippen LogP contribution in [-0.4, -0.2) is 5.71 Å². The highest BCUT2D eigenvalue weighted by molar-refractivity contribution is 6.04. The molecule has 0 fully saturated rings. The van der Waals surface area contributed by atoms with Gasteiger partial charge in [0, 0.05) is 11.4 Å². The van der Waals surface area contributed by atoms with E-state index in [4.69, 9.17) is 0 Å². The molecule has 0 aliphatic carbocycles. The summed E-state index contributed by atoms with van der Waals surface area (Å²) in [6, 6.07) is 21.6. The molecule has 2 aromatic carbocycles. The molecule has 0 aliphatic heterocycles. The number of benzene rings is 2. The summed E-state index contributed by atoms with van der Waals surface area (Å²) in [5.41, 5.74) is 3.85. The number of nitriles is 1. The molecule has 0 aliphatic rings. The van der Waals surface area contributed by atoms with Crippen LogP contribution in [0.5, 0.6) is 0 Å². The topological polar surface area (TPSA) is 48.2 Å². The van der Waals surface area contributed by atoms with E-state index >= 15 is 0 Å². The second-order valence-corrected chi connectivity index (χ2v) is 4.64. The molecule has 0 heterocycles. The Morgan fingerprint density at radius 1 is 0.952 bits per heavy atom. The fourth-order valence-corrected chi connectivity index (χ4v) is 1.99. The van der Waals surface area contributed by atoms with Gasteiger partial charge in [-0.15, -0.1) is 0 Å². The third kappa shape index (κ3) is 4.05. The van der Waals surface area contributed by atoms with Crippen molar-refractivity contribution in [1.82, 2.24) is 0 Å². The average Bonchev–Trinajstić information content (AvgIpc) is 2.50. The van der Waals surface area contributed by atoms with Gasteiger partial charge in [0.25, 0.3) is 0 Å². The number of allylic oxidation sites excluding steroid dienone is 2. The first kappa shape index (κ1) is 14.5. The summed E-state index contributed by atoms with van der Waals surface area (Å²) in [7, 11) is 0. The molecule has 0 atom stereocenters. The quantitative estimate of drug-likeness (QED) is 0.650. The van der Waals surface area contributed by atoms with Gasteiger partial charge in [0.2, 0.25) is 0 Å². The lowest BCUT2D eigenvalue weighted by Gasteiger charge is -2.09. The Labute approximate surface area is 125 Å². The van der Waals surface area contributed by atoms with Gasteiger partial charge >= 0.3 is 0 Å². The highest BCUT2D eigenvalue weighted by atomic mass is 14.9. The molecule has 0 spiro atoms. The maximum absolute atomic E-state index is 9.39. The van der Waals surface area contributed by atoms with Gasteiger partial charge in [-0.3, -0.25) is 4.99 Å². The van der Waals surface area contributed by atoms with Gasteiger partial charge in [-0.2, -0.15) is 5.26 Å². The number of hydrogen-bond acceptors (Lipinski definition) is 3. The van der Waals surface area contributed by atoms with Crippen LogP contribution in [0.4, 0.5) is 11.4 Å². The predicted octanol–water partition coefficient (Wildman–Crippen LogP) is 4.69. The van der Waals surface area contributed by atoms with Gasteiger partial charge in [0.15, 0.2) is 0 Å². The van der Waals surface area contributed by atoms with E-state index in [1.54, 1.807) is 0 Å². The van der Waals surface area contributed by atoms with Crippen LogP contribution in [0.1, 0.15) is 13.8 Å². The summed E-state index contributed by atoms with van der Waals surface area (Å²) in [6.07, 6.45) is 0. The van der Waals surface area contributed by atoms with Gasteiger partial charge in [-0.1, -0.05) is 36.4 Å². The number of rotatable bonds is 4. The molecule has 3 heteroatoms. The maximum Gasteiger partial charge on any atom is 0.103 e. The average molecular weight is 275 g/mol. The van der Waals surface area contributed by atoms with Crippen LogP contribution in [0.2, 0.25) is 0 Å². The molecule has 3 nitrogen and oxygen atoms in total. The highest BCUT2D eigenvalue weighted by Gasteiger charge is 2.06. The van der Waals surface area contributed by atoms with Crippen LogP contribution in [0, 0.1) is 11.3 Å². The molecule has 2 rings (SSSR count). The Morgan fingerprint density at radius 2 is 1.52 bits per heavy atom. The fraction of sp³-hybridized carbons (Fsp3) is 0.111. The SMILES string of the molecule is CC(=Nc1ccccc1)/C(C#N)=C(/C)Nc1ccccc1. The zero-order valence-electron chi connectivity index (χ0n) is 12.2. The Bertz CT molecular complexity index is 692. The van der Waals surface area contributed by atoms with E-state index in [9.17, 15) is 5.26 Å². The summed E-state index contributed by atoms with van der Waals surface area (Å²) < 4.78 is 0. The van der Waals surface area contributed by atoms with Gasteiger partial charge in [0.1, 0.15) is 6.07 Å². The minimum Gasteiger partial charge on any atom is -0.358 e. The van der Waals surface area contributed by atoms with Crippen LogP contribution in [0.25, 0.3) is 0 Å². The van der Waals surface area contributed by atoms with Crippen molar-refractivity contribution < 1.29 is 0 Å². The van der Waals surface area contributed by atoms with Crippen molar-refractivity contribution in [3.05, 3.63) is 71.9 Å². The summed E-state index contributed by atoms with van der Waals surface area (Å²) in [6.45, 7) is 3.73. The number of para-hydroxylation sites is 2. The lowest BCUT2D eigenvalue weighted by atomic mass is 10.1. The molecule has 104 valence electrons. The summed E-state index contributed by atoms with van der Waals surface area (Å²) >= 11 is 0. The van der Waals surface area contributed by atoms with E-state index in [0.717, 1.165) is 17.1 Å². The molecule has 1 N–H and O–H groups in total. The lowest BCUT2D eigenvalue weighted by molar-refractivity contribution is 1.33. The van der Waals surface area contributed by atoms with Crippen molar-refractivity contribution in [3.63, 3.8) is 0 Å². The van der Waals surface area contributed by atoms with Crippen molar-refractivity contribution in [2.24, 2.45) is 4.99 Å². The summed E-state index contributed by atoms with van der Waals surface area (Å²) in [5, 5.41) is 12.6. The molecule has 21 heavy (non-hydrogen) atoms. The van der Waals surface area contributed by atoms with E-state index in [-0.39, 0.29) is 0 Å². The molecule has 2 aromatic rings. The number of anilines is 1. The first-order chi connectivity index (χ1) is 10.2. The Morgan fingerprint density at radius 3 is 2.10 bits per heavy atom. The molecular formula is C18H17N3. The smallest absolute Gasteiger partial charge is 0.103 e. The third-order valence-electron chi connectivity index (χ3n) is 3.01. The van der Waals surface area contributed by atoms with E-state index < -0.39 is 0 Å². The minimum absolute atomic E-state index is 0.558. The van der Waals surface area contributed by atoms with Crippen LogP contribution in [-0.2, 0) is 0 Å². The van der Waals surface area contributed by atoms with Gasteiger partial charge < -0.3 is 5.32 Å². The molecule has 0 saturated heterocycles. The zero-order chi connectivity index (χ0) is 15.1. The lowest BCUT2D eigenvalue weighted by Crippen LogP contribution is -2.05. The van der Waals surface area contributed by atoms with Crippen molar-refractivity contribution in [2.75, 3.05) is 5.32 Å². The standard InChI is InChI=1S/C18H17N3/c1-14(20-16-9-5-3-6-10-16)18(13-19)15(2)21-17-11-7-4-8-12-17/h3-12,20H,1-2H3/b18-14-,21-15?. The van der Waals surface area contributed by atoms with Crippen LogP contribution in [0.3, 0.4) is 0 Å². The predicted molar refractivity (Wildman–Crippen MR) is 87.6 cm³/mol. The second-order valence-electron chi connectivity index (χ2n) is 4.64. The number of nitrogens with zero attached hydrogens (tertiary/aromatic N) is 2. The van der Waals surface area contributed by atoms with Crippen molar-refractivity contribution >= 4 is 17.1 Å². The molecular weight excluding hydrogens is 258 g/mol. The van der Waals surface area contributed by atoms with Crippen molar-refractivity contribution in [3.8, 4) is 6.07 Å². The monoisotopic (exact) mass is 275 g/mol. The van der Waals surface area contributed by atoms with Gasteiger partial charge in [-0.05, 0) is 38.1 Å². The maximum atomic E-state index is 9.39. The normalized spacial score (nSPS) is 12.3. The minimum atomic E-state index is 0.558. The Hall–Kier alpha value is -2.86. The van der Waals surface area contributed by atoms with Crippen LogP contribution >= 0.6 is 0 Å². The summed E-state index contributed by atoms with van der Waals surface area (Å²) in [4.78, 5) is 4.49.